The molecule has 0 nitrogen and oxygen atoms in total. The highest BCUT2D eigenvalue weighted by molar-refractivity contribution is 5.74. The second kappa shape index (κ2) is 39.6. The number of hydrogen-bond donors (Lipinski definition) is 0. The lowest BCUT2D eigenvalue weighted by Gasteiger charge is -2.23. The molecule has 9 aromatic carbocycles. The summed E-state index contributed by atoms with van der Waals surface area (Å²) in [4.78, 5) is 0. The molecule has 0 N–H and O–H groups in total. The molecule has 0 unspecified atom stereocenters. The topological polar surface area (TPSA) is 0 Å². The van der Waals surface area contributed by atoms with Crippen molar-refractivity contribution < 1.29 is 0 Å². The molecule has 542 valence electrons. The van der Waals surface area contributed by atoms with Crippen molar-refractivity contribution in [1.82, 2.24) is 0 Å². The molecule has 3 saturated carbocycles. The first-order chi connectivity index (χ1) is 47.6. The Hall–Kier alpha value is -7.02. The standard InChI is InChI=1S/2C19H24.3C13H18.2C12H18/c1-13-8-7-9-16(10-13)18-14(2)11-17(12-15(18)3)19(4,5)6;1-13-9-7-8-10-17(13)18-14(2)11-16(12-15(18)3)19(4,5)6;1-11-7-5-6-10-13(11)12-8-3-2-4-9-12;1-11-6-5-9-13(10-11)12-7-3-2-4-8-12;1-11-7-9-13(10-8-11)12-5-3-2-4-6-12;1-10-6-5-7-11(8-10)9-12(2,3)4;1-10-7-5-6-8-11(10)9-12(2,3)4/h2*7-12H,1-6H3;5-7,10,12H,2-4,8-9H2,1H3;5-6,9-10,12H,2-4,7-8H2,1H3;7-10,12H,2-6H2,1H3;2*5-8H,9H2,1-4H3. The van der Waals surface area contributed by atoms with Gasteiger partial charge in [0, 0.05) is 0 Å². The molecule has 0 heterocycles. The van der Waals surface area contributed by atoms with E-state index in [1.165, 1.54) is 208 Å². The van der Waals surface area contributed by atoms with E-state index >= 15 is 0 Å². The molecular weight excluding hydrogens is 1210 g/mol. The summed E-state index contributed by atoms with van der Waals surface area (Å²) in [6, 6.07) is 71.1. The summed E-state index contributed by atoms with van der Waals surface area (Å²) in [5.41, 5.74) is 32.3. The van der Waals surface area contributed by atoms with Gasteiger partial charge in [-0.3, -0.25) is 0 Å². The van der Waals surface area contributed by atoms with E-state index in [2.05, 4.69) is 353 Å². The maximum absolute atomic E-state index is 2.36. The van der Waals surface area contributed by atoms with Gasteiger partial charge in [0.15, 0.2) is 0 Å². The van der Waals surface area contributed by atoms with Gasteiger partial charge < -0.3 is 0 Å². The smallest absolute Gasteiger partial charge is 0.0123 e. The Morgan fingerprint density at radius 1 is 0.277 bits per heavy atom. The van der Waals surface area contributed by atoms with Crippen LogP contribution in [0.1, 0.15) is 297 Å². The number of hydrogen-bond acceptors (Lipinski definition) is 0. The molecule has 0 saturated heterocycles. The van der Waals surface area contributed by atoms with Crippen molar-refractivity contribution in [2.24, 2.45) is 10.8 Å². The van der Waals surface area contributed by atoms with E-state index in [1.54, 1.807) is 16.7 Å². The molecule has 0 aromatic heterocycles. The first-order valence-corrected chi connectivity index (χ1v) is 39.3. The fourth-order valence-electron chi connectivity index (χ4n) is 15.2. The largest absolute Gasteiger partial charge is 0.0620 e. The van der Waals surface area contributed by atoms with Crippen molar-refractivity contribution in [3.8, 4) is 22.3 Å². The second-order valence-electron chi connectivity index (χ2n) is 35.2. The lowest BCUT2D eigenvalue weighted by atomic mass is 9.82. The van der Waals surface area contributed by atoms with E-state index in [0.29, 0.717) is 10.8 Å². The maximum atomic E-state index is 2.36. The summed E-state index contributed by atoms with van der Waals surface area (Å²) >= 11 is 0. The average Bonchev–Trinajstić information content (AvgIpc) is 0.786. The van der Waals surface area contributed by atoms with Crippen molar-refractivity contribution in [3.63, 3.8) is 0 Å². The number of rotatable bonds is 7. The van der Waals surface area contributed by atoms with Crippen LogP contribution in [0.5, 0.6) is 0 Å². The van der Waals surface area contributed by atoms with Crippen molar-refractivity contribution in [2.45, 2.75) is 297 Å². The molecule has 3 fully saturated rings. The molecule has 0 spiro atoms. The quantitative estimate of drug-likeness (QED) is 0.149. The van der Waals surface area contributed by atoms with Crippen LogP contribution in [0, 0.1) is 87.0 Å². The first-order valence-electron chi connectivity index (χ1n) is 39.3. The predicted molar refractivity (Wildman–Crippen MR) is 449 cm³/mol. The number of benzene rings is 9. The van der Waals surface area contributed by atoms with Gasteiger partial charge in [-0.15, -0.1) is 0 Å². The molecule has 101 heavy (non-hydrogen) atoms. The first kappa shape index (κ1) is 82.9. The Morgan fingerprint density at radius 2 is 0.683 bits per heavy atom. The second-order valence-corrected chi connectivity index (χ2v) is 35.2. The van der Waals surface area contributed by atoms with Crippen molar-refractivity contribution >= 4 is 0 Å². The molecule has 0 amide bonds. The zero-order valence-electron chi connectivity index (χ0n) is 68.2. The third-order valence-electron chi connectivity index (χ3n) is 20.8. The molecular formula is C101H138. The highest BCUT2D eigenvalue weighted by Crippen LogP contribution is 2.38. The van der Waals surface area contributed by atoms with Crippen LogP contribution in [-0.2, 0) is 23.7 Å². The van der Waals surface area contributed by atoms with Crippen LogP contribution in [-0.4, -0.2) is 0 Å². The van der Waals surface area contributed by atoms with Crippen molar-refractivity contribution in [2.75, 3.05) is 0 Å². The summed E-state index contributed by atoms with van der Waals surface area (Å²) < 4.78 is 0. The molecule has 0 atom stereocenters. The third-order valence-corrected chi connectivity index (χ3v) is 20.8. The van der Waals surface area contributed by atoms with Gasteiger partial charge in [0.2, 0.25) is 0 Å². The molecule has 12 rings (SSSR count). The highest BCUT2D eigenvalue weighted by atomic mass is 14.3. The summed E-state index contributed by atoms with van der Waals surface area (Å²) in [5, 5.41) is 0. The summed E-state index contributed by atoms with van der Waals surface area (Å²) in [6.45, 7) is 51.4. The van der Waals surface area contributed by atoms with Gasteiger partial charge in [0.1, 0.15) is 0 Å². The lowest BCUT2D eigenvalue weighted by molar-refractivity contribution is 0.410. The molecule has 0 bridgehead atoms. The molecule has 3 aliphatic rings. The maximum Gasteiger partial charge on any atom is -0.0123 e. The van der Waals surface area contributed by atoms with E-state index < -0.39 is 0 Å². The fraction of sp³-hybridized carbons (Fsp3) is 0.465. The molecule has 0 radical (unpaired) electrons. The monoisotopic (exact) mass is 1350 g/mol. The number of aryl methyl sites for hydroxylation is 11. The van der Waals surface area contributed by atoms with E-state index in [-0.39, 0.29) is 10.8 Å². The van der Waals surface area contributed by atoms with Gasteiger partial charge in [-0.2, -0.15) is 0 Å². The van der Waals surface area contributed by atoms with Crippen LogP contribution in [0.25, 0.3) is 22.3 Å². The van der Waals surface area contributed by atoms with E-state index in [9.17, 15) is 0 Å². The van der Waals surface area contributed by atoms with Crippen LogP contribution in [0.2, 0.25) is 0 Å². The van der Waals surface area contributed by atoms with Crippen molar-refractivity contribution in [3.05, 3.63) is 294 Å². The van der Waals surface area contributed by atoms with Crippen LogP contribution in [0.15, 0.2) is 194 Å². The Kier molecular flexibility index (Phi) is 32.5. The molecule has 3 aliphatic carbocycles. The average molecular weight is 1350 g/mol. The Labute approximate surface area is 620 Å². The van der Waals surface area contributed by atoms with Gasteiger partial charge >= 0.3 is 0 Å². The minimum absolute atomic E-state index is 0.208. The van der Waals surface area contributed by atoms with Crippen LogP contribution < -0.4 is 0 Å². The van der Waals surface area contributed by atoms with Gasteiger partial charge in [0.05, 0.1) is 0 Å². The normalized spacial score (nSPS) is 14.4. The fourth-order valence-corrected chi connectivity index (χ4v) is 15.2. The SMILES string of the molecule is Cc1ccc(C2CCCCC2)cc1.Cc1cccc(-c2c(C)cc(C(C)(C)C)cc2C)c1.Cc1cccc(C2CCCCC2)c1.Cc1cccc(CC(C)(C)C)c1.Cc1ccccc1-c1c(C)cc(C(C)(C)C)cc1C.Cc1ccccc1C1CCCCC1.Cc1ccccc1CC(C)(C)C. The Bertz CT molecular complexity index is 3860. The Balaban J connectivity index is 0.000000187. The van der Waals surface area contributed by atoms with Gasteiger partial charge in [0.25, 0.3) is 0 Å². The van der Waals surface area contributed by atoms with Crippen LogP contribution in [0.4, 0.5) is 0 Å². The predicted octanol–water partition coefficient (Wildman–Crippen LogP) is 30.4. The minimum atomic E-state index is 0.208. The zero-order valence-corrected chi connectivity index (χ0v) is 68.2. The zero-order chi connectivity index (χ0) is 74.1. The van der Waals surface area contributed by atoms with E-state index in [1.807, 2.05) is 0 Å². The molecule has 0 heteroatoms. The third kappa shape index (κ3) is 28.6. The van der Waals surface area contributed by atoms with Gasteiger partial charge in [-0.05, 0) is 267 Å². The summed E-state index contributed by atoms with van der Waals surface area (Å²) in [5.74, 6) is 2.57. The van der Waals surface area contributed by atoms with Gasteiger partial charge in [-0.25, -0.2) is 0 Å². The highest BCUT2D eigenvalue weighted by Gasteiger charge is 2.22. The van der Waals surface area contributed by atoms with Gasteiger partial charge in [-0.1, -0.05) is 357 Å². The summed E-state index contributed by atoms with van der Waals surface area (Å²) in [6.07, 6.45) is 23.7. The van der Waals surface area contributed by atoms with Crippen molar-refractivity contribution in [1.29, 1.82) is 0 Å². The van der Waals surface area contributed by atoms with E-state index in [0.717, 1.165) is 24.2 Å². The van der Waals surface area contributed by atoms with E-state index in [4.69, 9.17) is 0 Å². The minimum Gasteiger partial charge on any atom is -0.0620 e. The molecule has 9 aromatic rings. The van der Waals surface area contributed by atoms with Crippen LogP contribution in [0.3, 0.4) is 0 Å². The lowest BCUT2D eigenvalue weighted by Crippen LogP contribution is -2.12. The summed E-state index contributed by atoms with van der Waals surface area (Å²) in [7, 11) is 0. The molecule has 0 aliphatic heterocycles. The van der Waals surface area contributed by atoms with Crippen LogP contribution >= 0.6 is 0 Å². The Morgan fingerprint density at radius 3 is 1.13 bits per heavy atom.